The molecule has 0 spiro atoms. The van der Waals surface area contributed by atoms with E-state index in [2.05, 4.69) is 0 Å². The maximum absolute atomic E-state index is 13.0. The monoisotopic (exact) mass is 358 g/mol. The maximum Gasteiger partial charge on any atom is 1.00 e. The molecular formula is C15H15ClF3NaO3. The van der Waals surface area contributed by atoms with Gasteiger partial charge in [0, 0.05) is 10.6 Å². The van der Waals surface area contributed by atoms with E-state index < -0.39 is 23.8 Å². The van der Waals surface area contributed by atoms with Crippen LogP contribution in [0.2, 0.25) is 5.02 Å². The minimum atomic E-state index is -4.81. The van der Waals surface area contributed by atoms with Crippen molar-refractivity contribution in [3.63, 3.8) is 0 Å². The minimum absolute atomic E-state index is 0. The van der Waals surface area contributed by atoms with Gasteiger partial charge in [0.25, 0.3) is 0 Å². The Morgan fingerprint density at radius 2 is 2.04 bits per heavy atom. The van der Waals surface area contributed by atoms with Crippen LogP contribution in [0.3, 0.4) is 0 Å². The van der Waals surface area contributed by atoms with Crippen molar-refractivity contribution >= 4 is 23.6 Å². The Labute approximate surface area is 160 Å². The Morgan fingerprint density at radius 1 is 1.43 bits per heavy atom. The molecule has 1 atom stereocenters. The number of benzene rings is 1. The first kappa shape index (κ1) is 20.4. The quantitative estimate of drug-likeness (QED) is 0.832. The third-order valence-corrected chi connectivity index (χ3v) is 3.54. The van der Waals surface area contributed by atoms with Gasteiger partial charge in [0.15, 0.2) is 0 Å². The molecule has 0 saturated heterocycles. The van der Waals surface area contributed by atoms with Gasteiger partial charge in [-0.2, -0.15) is 13.2 Å². The molecule has 1 aromatic carbocycles. The summed E-state index contributed by atoms with van der Waals surface area (Å²) >= 11 is 6.10. The molecule has 122 valence electrons. The fourth-order valence-corrected chi connectivity index (χ4v) is 2.52. The van der Waals surface area contributed by atoms with E-state index in [0.717, 1.165) is 6.08 Å². The van der Waals surface area contributed by atoms with Crippen LogP contribution >= 0.6 is 11.6 Å². The first-order chi connectivity index (χ1) is 10.1. The van der Waals surface area contributed by atoms with Crippen LogP contribution in [0, 0.1) is 5.92 Å². The van der Waals surface area contributed by atoms with Gasteiger partial charge < -0.3 is 11.3 Å². The van der Waals surface area contributed by atoms with Crippen molar-refractivity contribution in [1.82, 2.24) is 0 Å². The van der Waals surface area contributed by atoms with Gasteiger partial charge in [0.1, 0.15) is 5.75 Å². The van der Waals surface area contributed by atoms with E-state index in [1.54, 1.807) is 0 Å². The second kappa shape index (κ2) is 7.47. The molecule has 1 heterocycles. The smallest absolute Gasteiger partial charge is 1.00 e. The van der Waals surface area contributed by atoms with Crippen molar-refractivity contribution in [3.8, 4) is 5.75 Å². The summed E-state index contributed by atoms with van der Waals surface area (Å²) in [5.74, 6) is -1.41. The fourth-order valence-electron chi connectivity index (χ4n) is 2.27. The summed E-state index contributed by atoms with van der Waals surface area (Å²) in [7, 11) is 0. The van der Waals surface area contributed by atoms with E-state index in [1.807, 2.05) is 13.8 Å². The van der Waals surface area contributed by atoms with E-state index in [9.17, 15) is 18.0 Å². The van der Waals surface area contributed by atoms with Crippen LogP contribution in [0.15, 0.2) is 17.7 Å². The molecule has 1 aliphatic heterocycles. The molecule has 1 aromatic rings. The standard InChI is InChI=1S/C15H14ClF3O3.Na.H/c1-7(2)3-8-6-12-9(5-11(8)16)4-10(14(20)21)13(22-12)15(17,18)19;;/h4-7,13H,3H2,1-2H3,(H,20,21);;/q;+1;-1/t13-;;/m1../s1. The van der Waals surface area contributed by atoms with Crippen molar-refractivity contribution in [2.75, 3.05) is 0 Å². The van der Waals surface area contributed by atoms with Crippen molar-refractivity contribution < 1.29 is 58.8 Å². The largest absolute Gasteiger partial charge is 1.00 e. The molecule has 3 nitrogen and oxygen atoms in total. The van der Waals surface area contributed by atoms with E-state index in [0.29, 0.717) is 17.0 Å². The normalized spacial score (nSPS) is 17.0. The number of hydrogen-bond donors (Lipinski definition) is 1. The number of rotatable bonds is 3. The van der Waals surface area contributed by atoms with Crippen LogP contribution in [-0.4, -0.2) is 23.4 Å². The number of carbonyl (C=O) groups is 1. The van der Waals surface area contributed by atoms with Gasteiger partial charge in [-0.05, 0) is 36.1 Å². The molecule has 0 unspecified atom stereocenters. The zero-order valence-corrected chi connectivity index (χ0v) is 15.6. The van der Waals surface area contributed by atoms with Crippen molar-refractivity contribution in [2.45, 2.75) is 32.5 Å². The van der Waals surface area contributed by atoms with Crippen molar-refractivity contribution in [3.05, 3.63) is 33.9 Å². The number of fused-ring (bicyclic) bond motifs is 1. The van der Waals surface area contributed by atoms with Crippen LogP contribution in [0.5, 0.6) is 5.75 Å². The number of hydrogen-bond acceptors (Lipinski definition) is 2. The van der Waals surface area contributed by atoms with Gasteiger partial charge in [-0.3, -0.25) is 0 Å². The topological polar surface area (TPSA) is 46.5 Å². The number of ether oxygens (including phenoxy) is 1. The van der Waals surface area contributed by atoms with Crippen LogP contribution in [0.25, 0.3) is 6.08 Å². The van der Waals surface area contributed by atoms with Gasteiger partial charge >= 0.3 is 41.7 Å². The number of carboxylic acids is 1. The Morgan fingerprint density at radius 3 is 2.52 bits per heavy atom. The molecule has 0 radical (unpaired) electrons. The zero-order valence-electron chi connectivity index (χ0n) is 13.9. The SMILES string of the molecule is CC(C)Cc1cc2c(cc1Cl)C=C(C(=O)O)[C@H](C(F)(F)F)O2.[H-].[Na+]. The van der Waals surface area contributed by atoms with E-state index in [4.69, 9.17) is 21.4 Å². The predicted octanol–water partition coefficient (Wildman–Crippen LogP) is 1.45. The average Bonchev–Trinajstić information content (AvgIpc) is 2.36. The molecule has 0 aromatic heterocycles. The minimum Gasteiger partial charge on any atom is -1.00 e. The summed E-state index contributed by atoms with van der Waals surface area (Å²) in [5, 5.41) is 9.34. The first-order valence-electron chi connectivity index (χ1n) is 6.60. The number of carboxylic acid groups (broad SMARTS) is 1. The molecule has 0 fully saturated rings. The second-order valence-electron chi connectivity index (χ2n) is 5.52. The molecule has 8 heteroatoms. The Bertz CT molecular complexity index is 648. The molecule has 0 aliphatic carbocycles. The number of aliphatic carboxylic acids is 1. The average molecular weight is 359 g/mol. The third kappa shape index (κ3) is 4.66. The molecule has 1 aliphatic rings. The predicted molar refractivity (Wildman–Crippen MR) is 77.2 cm³/mol. The Hall–Kier alpha value is -0.690. The summed E-state index contributed by atoms with van der Waals surface area (Å²) in [5.41, 5.74) is 0.0478. The van der Waals surface area contributed by atoms with Gasteiger partial charge in [-0.25, -0.2) is 4.79 Å². The number of halogens is 4. The van der Waals surface area contributed by atoms with Crippen molar-refractivity contribution in [2.24, 2.45) is 5.92 Å². The fraction of sp³-hybridized carbons (Fsp3) is 0.400. The summed E-state index contributed by atoms with van der Waals surface area (Å²) < 4.78 is 43.9. The Kier molecular flexibility index (Phi) is 6.61. The maximum atomic E-state index is 13.0. The summed E-state index contributed by atoms with van der Waals surface area (Å²) in [6.45, 7) is 3.91. The molecule has 2 rings (SSSR count). The van der Waals surface area contributed by atoms with E-state index in [-0.39, 0.29) is 48.2 Å². The molecular weight excluding hydrogens is 344 g/mol. The third-order valence-electron chi connectivity index (χ3n) is 3.19. The van der Waals surface area contributed by atoms with Gasteiger partial charge in [-0.1, -0.05) is 25.4 Å². The van der Waals surface area contributed by atoms with E-state index in [1.165, 1.54) is 12.1 Å². The molecule has 0 amide bonds. The van der Waals surface area contributed by atoms with Crippen LogP contribution in [0.1, 0.15) is 26.4 Å². The molecule has 0 bridgehead atoms. The number of alkyl halides is 3. The Balaban J connectivity index is 0.00000264. The van der Waals surface area contributed by atoms with Crippen molar-refractivity contribution in [1.29, 1.82) is 0 Å². The summed E-state index contributed by atoms with van der Waals surface area (Å²) in [6, 6.07) is 2.88. The van der Waals surface area contributed by atoms with Crippen LogP contribution < -0.4 is 34.3 Å². The summed E-state index contributed by atoms with van der Waals surface area (Å²) in [6.07, 6.45) is -5.74. The molecule has 1 N–H and O–H groups in total. The van der Waals surface area contributed by atoms with Crippen LogP contribution in [-0.2, 0) is 11.2 Å². The van der Waals surface area contributed by atoms with Gasteiger partial charge in [0.2, 0.25) is 6.10 Å². The van der Waals surface area contributed by atoms with E-state index >= 15 is 0 Å². The molecule has 23 heavy (non-hydrogen) atoms. The first-order valence-corrected chi connectivity index (χ1v) is 6.98. The molecule has 0 saturated carbocycles. The zero-order chi connectivity index (χ0) is 16.7. The summed E-state index contributed by atoms with van der Waals surface area (Å²) in [4.78, 5) is 11.0. The van der Waals surface area contributed by atoms with Crippen LogP contribution in [0.4, 0.5) is 13.2 Å². The van der Waals surface area contributed by atoms with Gasteiger partial charge in [-0.15, -0.1) is 0 Å². The van der Waals surface area contributed by atoms with Gasteiger partial charge in [0.05, 0.1) is 5.57 Å². The second-order valence-corrected chi connectivity index (χ2v) is 5.93.